The summed E-state index contributed by atoms with van der Waals surface area (Å²) >= 11 is 0. The van der Waals surface area contributed by atoms with E-state index in [2.05, 4.69) is 4.72 Å². The first kappa shape index (κ1) is 15.8. The van der Waals surface area contributed by atoms with Gasteiger partial charge in [0.05, 0.1) is 17.7 Å². The van der Waals surface area contributed by atoms with Crippen molar-refractivity contribution in [2.45, 2.75) is 38.1 Å². The normalized spacial score (nSPS) is 13.5. The van der Waals surface area contributed by atoms with E-state index in [4.69, 9.17) is 10.5 Å². The molecule has 1 aromatic carbocycles. The minimum Gasteiger partial charge on any atom is -0.495 e. The number of hydrogen-bond donors (Lipinski definition) is 2. The van der Waals surface area contributed by atoms with Crippen LogP contribution >= 0.6 is 0 Å². The quantitative estimate of drug-likeness (QED) is 0.784. The Balaban J connectivity index is 3.06. The average Bonchev–Trinajstić information content (AvgIpc) is 2.36. The zero-order valence-electron chi connectivity index (χ0n) is 11.8. The van der Waals surface area contributed by atoms with Gasteiger partial charge in [-0.3, -0.25) is 0 Å². The van der Waals surface area contributed by atoms with Crippen molar-refractivity contribution in [3.63, 3.8) is 0 Å². The van der Waals surface area contributed by atoms with Crippen LogP contribution in [0.3, 0.4) is 0 Å². The molecule has 0 aliphatic heterocycles. The van der Waals surface area contributed by atoms with Crippen molar-refractivity contribution in [1.29, 1.82) is 0 Å². The molecule has 0 fully saturated rings. The van der Waals surface area contributed by atoms with Gasteiger partial charge in [-0.25, -0.2) is 13.1 Å². The molecule has 108 valence electrons. The Kier molecular flexibility index (Phi) is 5.20. The van der Waals surface area contributed by atoms with Crippen molar-refractivity contribution in [1.82, 2.24) is 4.72 Å². The highest BCUT2D eigenvalue weighted by atomic mass is 32.2. The van der Waals surface area contributed by atoms with Gasteiger partial charge in [-0.15, -0.1) is 0 Å². The zero-order valence-corrected chi connectivity index (χ0v) is 12.6. The molecule has 0 radical (unpaired) electrons. The number of nitrogens with one attached hydrogen (secondary N) is 1. The lowest BCUT2D eigenvalue weighted by atomic mass is 10.0. The molecule has 1 rings (SSSR count). The third-order valence-electron chi connectivity index (χ3n) is 3.07. The van der Waals surface area contributed by atoms with Gasteiger partial charge in [0.1, 0.15) is 5.75 Å². The maximum absolute atomic E-state index is 12.3. The van der Waals surface area contributed by atoms with Gasteiger partial charge in [0.2, 0.25) is 10.0 Å². The second-order valence-electron chi connectivity index (χ2n) is 4.78. The van der Waals surface area contributed by atoms with Crippen molar-refractivity contribution in [3.8, 4) is 5.75 Å². The SMILES string of the molecule is CCC(NS(=O)(=O)c1ccc(N)c(OC)c1)C(C)C. The topological polar surface area (TPSA) is 81.4 Å². The van der Waals surface area contributed by atoms with Crippen LogP contribution in [0.4, 0.5) is 5.69 Å². The summed E-state index contributed by atoms with van der Waals surface area (Å²) in [5.41, 5.74) is 6.09. The first-order valence-corrected chi connectivity index (χ1v) is 7.76. The van der Waals surface area contributed by atoms with Gasteiger partial charge in [-0.1, -0.05) is 20.8 Å². The number of ether oxygens (including phenoxy) is 1. The van der Waals surface area contributed by atoms with Gasteiger partial charge >= 0.3 is 0 Å². The van der Waals surface area contributed by atoms with E-state index in [0.29, 0.717) is 11.4 Å². The summed E-state index contributed by atoms with van der Waals surface area (Å²) in [7, 11) is -2.09. The van der Waals surface area contributed by atoms with Gasteiger partial charge in [-0.05, 0) is 24.5 Å². The minimum atomic E-state index is -3.55. The van der Waals surface area contributed by atoms with Crippen LogP contribution in [0, 0.1) is 5.92 Å². The number of benzene rings is 1. The molecule has 1 atom stereocenters. The first-order chi connectivity index (χ1) is 8.81. The molecule has 1 aromatic rings. The van der Waals surface area contributed by atoms with Crippen LogP contribution in [-0.4, -0.2) is 21.6 Å². The molecule has 1 unspecified atom stereocenters. The number of anilines is 1. The summed E-state index contributed by atoms with van der Waals surface area (Å²) < 4.78 is 32.3. The lowest BCUT2D eigenvalue weighted by molar-refractivity contribution is 0.415. The Bertz CT molecular complexity index is 527. The van der Waals surface area contributed by atoms with Crippen LogP contribution in [0.5, 0.6) is 5.75 Å². The highest BCUT2D eigenvalue weighted by molar-refractivity contribution is 7.89. The molecule has 6 heteroatoms. The van der Waals surface area contributed by atoms with Crippen molar-refractivity contribution >= 4 is 15.7 Å². The fourth-order valence-electron chi connectivity index (χ4n) is 1.82. The second-order valence-corrected chi connectivity index (χ2v) is 6.50. The van der Waals surface area contributed by atoms with E-state index < -0.39 is 10.0 Å². The fraction of sp³-hybridized carbons (Fsp3) is 0.538. The predicted octanol–water partition coefficient (Wildman–Crippen LogP) is 1.99. The average molecular weight is 286 g/mol. The molecule has 0 aromatic heterocycles. The number of hydrogen-bond acceptors (Lipinski definition) is 4. The summed E-state index contributed by atoms with van der Waals surface area (Å²) in [4.78, 5) is 0.164. The number of nitrogen functional groups attached to an aromatic ring is 1. The van der Waals surface area contributed by atoms with Gasteiger partial charge < -0.3 is 10.5 Å². The number of sulfonamides is 1. The third kappa shape index (κ3) is 3.84. The molecular weight excluding hydrogens is 264 g/mol. The van der Waals surface area contributed by atoms with Crippen LogP contribution < -0.4 is 15.2 Å². The smallest absolute Gasteiger partial charge is 0.240 e. The van der Waals surface area contributed by atoms with E-state index in [-0.39, 0.29) is 16.9 Å². The minimum absolute atomic E-state index is 0.0893. The molecule has 0 saturated carbocycles. The van der Waals surface area contributed by atoms with Gasteiger partial charge in [-0.2, -0.15) is 0 Å². The van der Waals surface area contributed by atoms with E-state index in [0.717, 1.165) is 6.42 Å². The molecular formula is C13H22N2O3S. The van der Waals surface area contributed by atoms with E-state index in [9.17, 15) is 8.42 Å². The van der Waals surface area contributed by atoms with Crippen molar-refractivity contribution < 1.29 is 13.2 Å². The van der Waals surface area contributed by atoms with Gasteiger partial charge in [0.15, 0.2) is 0 Å². The van der Waals surface area contributed by atoms with Crippen LogP contribution in [0.15, 0.2) is 23.1 Å². The molecule has 0 spiro atoms. The molecule has 0 bridgehead atoms. The summed E-state index contributed by atoms with van der Waals surface area (Å²) in [6.45, 7) is 5.93. The largest absolute Gasteiger partial charge is 0.495 e. The number of methoxy groups -OCH3 is 1. The Morgan fingerprint density at radius 3 is 2.47 bits per heavy atom. The van der Waals surface area contributed by atoms with Gasteiger partial charge in [0.25, 0.3) is 0 Å². The first-order valence-electron chi connectivity index (χ1n) is 6.27. The highest BCUT2D eigenvalue weighted by Crippen LogP contribution is 2.25. The van der Waals surface area contributed by atoms with Crippen LogP contribution in [-0.2, 0) is 10.0 Å². The standard InChI is InChI=1S/C13H22N2O3S/c1-5-12(9(2)3)15-19(16,17)10-6-7-11(14)13(8-10)18-4/h6-9,12,15H,5,14H2,1-4H3. The molecule has 5 nitrogen and oxygen atoms in total. The fourth-order valence-corrected chi connectivity index (χ4v) is 3.30. The number of nitrogens with two attached hydrogens (primary N) is 1. The summed E-state index contributed by atoms with van der Waals surface area (Å²) in [5.74, 6) is 0.593. The molecule has 19 heavy (non-hydrogen) atoms. The Morgan fingerprint density at radius 2 is 2.00 bits per heavy atom. The molecule has 0 aliphatic carbocycles. The zero-order chi connectivity index (χ0) is 14.6. The van der Waals surface area contributed by atoms with E-state index in [1.807, 2.05) is 20.8 Å². The molecule has 0 heterocycles. The Hall–Kier alpha value is -1.27. The lowest BCUT2D eigenvalue weighted by Gasteiger charge is -2.20. The van der Waals surface area contributed by atoms with Gasteiger partial charge in [0, 0.05) is 12.1 Å². The molecule has 0 amide bonds. The Morgan fingerprint density at radius 1 is 1.37 bits per heavy atom. The summed E-state index contributed by atoms with van der Waals surface area (Å²) in [6.07, 6.45) is 0.739. The second kappa shape index (κ2) is 6.25. The molecule has 0 saturated heterocycles. The van der Waals surface area contributed by atoms with Crippen molar-refractivity contribution in [2.24, 2.45) is 5.92 Å². The highest BCUT2D eigenvalue weighted by Gasteiger charge is 2.22. The maximum Gasteiger partial charge on any atom is 0.240 e. The summed E-state index contributed by atoms with van der Waals surface area (Å²) in [5, 5.41) is 0. The summed E-state index contributed by atoms with van der Waals surface area (Å²) in [6, 6.07) is 4.36. The van der Waals surface area contributed by atoms with E-state index in [1.54, 1.807) is 0 Å². The molecule has 3 N–H and O–H groups in total. The number of rotatable bonds is 6. The van der Waals surface area contributed by atoms with Crippen LogP contribution in [0.1, 0.15) is 27.2 Å². The Labute approximate surface area is 115 Å². The van der Waals surface area contributed by atoms with E-state index >= 15 is 0 Å². The van der Waals surface area contributed by atoms with Crippen molar-refractivity contribution in [2.75, 3.05) is 12.8 Å². The molecule has 0 aliphatic rings. The van der Waals surface area contributed by atoms with Crippen LogP contribution in [0.2, 0.25) is 0 Å². The lowest BCUT2D eigenvalue weighted by Crippen LogP contribution is -2.37. The maximum atomic E-state index is 12.3. The van der Waals surface area contributed by atoms with Crippen molar-refractivity contribution in [3.05, 3.63) is 18.2 Å². The third-order valence-corrected chi connectivity index (χ3v) is 4.55. The van der Waals surface area contributed by atoms with Crippen LogP contribution in [0.25, 0.3) is 0 Å². The predicted molar refractivity (Wildman–Crippen MR) is 76.6 cm³/mol. The van der Waals surface area contributed by atoms with E-state index in [1.165, 1.54) is 25.3 Å². The monoisotopic (exact) mass is 286 g/mol.